The lowest BCUT2D eigenvalue weighted by atomic mass is 9.64. The van der Waals surface area contributed by atoms with Crippen molar-refractivity contribution in [3.63, 3.8) is 0 Å². The van der Waals surface area contributed by atoms with Crippen LogP contribution < -0.4 is 0 Å². The van der Waals surface area contributed by atoms with Gasteiger partial charge in [-0.15, -0.1) is 0 Å². The molecule has 0 aromatic heterocycles. The number of benzene rings is 2. The van der Waals surface area contributed by atoms with Crippen molar-refractivity contribution in [2.24, 2.45) is 11.8 Å². The molecule has 4 rings (SSSR count). The summed E-state index contributed by atoms with van der Waals surface area (Å²) in [5.74, 6) is 2.00. The highest BCUT2D eigenvalue weighted by molar-refractivity contribution is 5.45. The average molecular weight is 278 g/mol. The van der Waals surface area contributed by atoms with Gasteiger partial charge < -0.3 is 5.11 Å². The van der Waals surface area contributed by atoms with Crippen LogP contribution in [-0.2, 0) is 5.41 Å². The fourth-order valence-corrected chi connectivity index (χ4v) is 4.81. The predicted octanol–water partition coefficient (Wildman–Crippen LogP) is 4.81. The molecule has 0 radical (unpaired) electrons. The normalized spacial score (nSPS) is 30.7. The molecule has 2 saturated carbocycles. The number of aromatic hydroxyl groups is 1. The van der Waals surface area contributed by atoms with Crippen molar-refractivity contribution in [2.45, 2.75) is 38.0 Å². The monoisotopic (exact) mass is 278 g/mol. The Morgan fingerprint density at radius 1 is 0.905 bits per heavy atom. The predicted molar refractivity (Wildman–Crippen MR) is 85.5 cm³/mol. The molecule has 0 aliphatic heterocycles. The number of hydrogen-bond donors (Lipinski definition) is 1. The highest BCUT2D eigenvalue weighted by Gasteiger charge is 2.52. The first-order valence-corrected chi connectivity index (χ1v) is 8.05. The Bertz CT molecular complexity index is 593. The van der Waals surface area contributed by atoms with Crippen LogP contribution in [0.15, 0.2) is 48.5 Å². The van der Waals surface area contributed by atoms with Gasteiger partial charge in [0.1, 0.15) is 5.75 Å². The van der Waals surface area contributed by atoms with Gasteiger partial charge in [0.05, 0.1) is 0 Å². The third kappa shape index (κ3) is 1.91. The number of phenols is 1. The van der Waals surface area contributed by atoms with Crippen LogP contribution in [0, 0.1) is 18.8 Å². The van der Waals surface area contributed by atoms with Crippen molar-refractivity contribution < 1.29 is 5.11 Å². The Morgan fingerprint density at radius 3 is 2.05 bits per heavy atom. The molecule has 2 bridgehead atoms. The number of aryl methyl sites for hydroxylation is 1. The lowest BCUT2D eigenvalue weighted by Gasteiger charge is -2.39. The van der Waals surface area contributed by atoms with E-state index in [0.29, 0.717) is 5.75 Å². The van der Waals surface area contributed by atoms with E-state index in [4.69, 9.17) is 0 Å². The van der Waals surface area contributed by atoms with Crippen LogP contribution in [0.25, 0.3) is 0 Å². The molecule has 1 N–H and O–H groups in total. The summed E-state index contributed by atoms with van der Waals surface area (Å²) in [6.07, 6.45) is 5.38. The Labute approximate surface area is 126 Å². The quantitative estimate of drug-likeness (QED) is 0.836. The van der Waals surface area contributed by atoms with Crippen LogP contribution in [0.1, 0.15) is 42.4 Å². The van der Waals surface area contributed by atoms with E-state index in [2.05, 4.69) is 43.3 Å². The van der Waals surface area contributed by atoms with Crippen molar-refractivity contribution >= 4 is 0 Å². The number of fused-ring (bicyclic) bond motifs is 2. The summed E-state index contributed by atoms with van der Waals surface area (Å²) in [6.45, 7) is 2.15. The maximum Gasteiger partial charge on any atom is 0.115 e. The zero-order valence-corrected chi connectivity index (χ0v) is 12.5. The molecule has 2 aromatic rings. The highest BCUT2D eigenvalue weighted by Crippen LogP contribution is 2.60. The van der Waals surface area contributed by atoms with Gasteiger partial charge in [0.2, 0.25) is 0 Å². The maximum atomic E-state index is 9.62. The molecule has 1 heteroatoms. The Balaban J connectivity index is 1.87. The van der Waals surface area contributed by atoms with Crippen molar-refractivity contribution in [3.05, 3.63) is 65.2 Å². The van der Waals surface area contributed by atoms with Crippen LogP contribution in [-0.4, -0.2) is 5.11 Å². The van der Waals surface area contributed by atoms with Gasteiger partial charge in [0.15, 0.2) is 0 Å². The third-order valence-electron chi connectivity index (χ3n) is 5.80. The van der Waals surface area contributed by atoms with E-state index in [1.165, 1.54) is 42.4 Å². The van der Waals surface area contributed by atoms with E-state index in [1.807, 2.05) is 12.1 Å². The van der Waals surface area contributed by atoms with Gasteiger partial charge >= 0.3 is 0 Å². The van der Waals surface area contributed by atoms with Crippen LogP contribution in [0.3, 0.4) is 0 Å². The fourth-order valence-electron chi connectivity index (χ4n) is 4.81. The van der Waals surface area contributed by atoms with Gasteiger partial charge in [-0.25, -0.2) is 0 Å². The molecule has 21 heavy (non-hydrogen) atoms. The van der Waals surface area contributed by atoms with E-state index in [0.717, 1.165) is 11.8 Å². The molecule has 0 heterocycles. The van der Waals surface area contributed by atoms with E-state index < -0.39 is 0 Å². The zero-order chi connectivity index (χ0) is 14.4. The minimum Gasteiger partial charge on any atom is -0.508 e. The SMILES string of the molecule is Cc1ccc(C2(c3ccc(O)cc3)CC3CCC2C3)cc1. The number of hydrogen-bond acceptors (Lipinski definition) is 1. The van der Waals surface area contributed by atoms with Crippen LogP contribution >= 0.6 is 0 Å². The largest absolute Gasteiger partial charge is 0.508 e. The van der Waals surface area contributed by atoms with Gasteiger partial charge in [-0.1, -0.05) is 48.4 Å². The lowest BCUT2D eigenvalue weighted by Crippen LogP contribution is -2.33. The summed E-state index contributed by atoms with van der Waals surface area (Å²) in [5, 5.41) is 9.62. The number of rotatable bonds is 2. The van der Waals surface area contributed by atoms with Crippen molar-refractivity contribution in [2.75, 3.05) is 0 Å². The minimum atomic E-state index is 0.171. The molecule has 2 aliphatic rings. The highest BCUT2D eigenvalue weighted by atomic mass is 16.3. The summed E-state index contributed by atoms with van der Waals surface area (Å²) in [4.78, 5) is 0. The first-order chi connectivity index (χ1) is 10.2. The molecule has 108 valence electrons. The first kappa shape index (κ1) is 12.9. The Kier molecular flexibility index (Phi) is 2.85. The second-order valence-electron chi connectivity index (χ2n) is 6.96. The van der Waals surface area contributed by atoms with E-state index >= 15 is 0 Å². The second kappa shape index (κ2) is 4.62. The smallest absolute Gasteiger partial charge is 0.115 e. The van der Waals surface area contributed by atoms with Gasteiger partial charge in [-0.05, 0) is 61.3 Å². The number of phenolic OH excluding ortho intramolecular Hbond substituents is 1. The molecule has 0 spiro atoms. The standard InChI is InChI=1S/C20H22O/c1-14-2-5-16(6-3-14)20(13-15-4-7-18(20)12-15)17-8-10-19(21)11-9-17/h2-3,5-6,8-11,15,18,21H,4,7,12-13H2,1H3. The first-order valence-electron chi connectivity index (χ1n) is 8.05. The van der Waals surface area contributed by atoms with Gasteiger partial charge in [0.25, 0.3) is 0 Å². The van der Waals surface area contributed by atoms with Crippen molar-refractivity contribution in [1.29, 1.82) is 0 Å². The Morgan fingerprint density at radius 2 is 1.52 bits per heavy atom. The average Bonchev–Trinajstić information content (AvgIpc) is 3.10. The molecule has 2 fully saturated rings. The van der Waals surface area contributed by atoms with Crippen molar-refractivity contribution in [1.82, 2.24) is 0 Å². The molecule has 0 saturated heterocycles. The zero-order valence-electron chi connectivity index (χ0n) is 12.5. The Hall–Kier alpha value is -1.76. The molecule has 2 aliphatic carbocycles. The van der Waals surface area contributed by atoms with E-state index in [-0.39, 0.29) is 5.41 Å². The van der Waals surface area contributed by atoms with E-state index in [1.54, 1.807) is 0 Å². The van der Waals surface area contributed by atoms with E-state index in [9.17, 15) is 5.11 Å². The van der Waals surface area contributed by atoms with Gasteiger partial charge in [0, 0.05) is 5.41 Å². The minimum absolute atomic E-state index is 0.171. The summed E-state index contributed by atoms with van der Waals surface area (Å²) in [7, 11) is 0. The second-order valence-corrected chi connectivity index (χ2v) is 6.96. The van der Waals surface area contributed by atoms with Crippen molar-refractivity contribution in [3.8, 4) is 5.75 Å². The molecule has 3 atom stereocenters. The molecule has 2 aromatic carbocycles. The maximum absolute atomic E-state index is 9.62. The van der Waals surface area contributed by atoms with Crippen LogP contribution in [0.4, 0.5) is 0 Å². The molecular formula is C20H22O. The summed E-state index contributed by atoms with van der Waals surface area (Å²) >= 11 is 0. The lowest BCUT2D eigenvalue weighted by molar-refractivity contribution is 0.320. The summed E-state index contributed by atoms with van der Waals surface area (Å²) in [6, 6.07) is 17.1. The van der Waals surface area contributed by atoms with Gasteiger partial charge in [-0.2, -0.15) is 0 Å². The van der Waals surface area contributed by atoms with Crippen LogP contribution in [0.2, 0.25) is 0 Å². The summed E-state index contributed by atoms with van der Waals surface area (Å²) < 4.78 is 0. The third-order valence-corrected chi connectivity index (χ3v) is 5.80. The van der Waals surface area contributed by atoms with Gasteiger partial charge in [-0.3, -0.25) is 0 Å². The molecular weight excluding hydrogens is 256 g/mol. The fraction of sp³-hybridized carbons (Fsp3) is 0.400. The van der Waals surface area contributed by atoms with Crippen LogP contribution in [0.5, 0.6) is 5.75 Å². The molecule has 3 unspecified atom stereocenters. The molecule has 0 amide bonds. The molecule has 1 nitrogen and oxygen atoms in total. The topological polar surface area (TPSA) is 20.2 Å². The summed E-state index contributed by atoms with van der Waals surface area (Å²) in [5.41, 5.74) is 4.34.